The van der Waals surface area contributed by atoms with Crippen molar-refractivity contribution in [2.24, 2.45) is 0 Å². The summed E-state index contributed by atoms with van der Waals surface area (Å²) in [6.07, 6.45) is 0. The number of nitrogens with zero attached hydrogens (tertiary/aromatic N) is 4. The minimum Gasteiger partial charge on any atom is -0.512 e. The first kappa shape index (κ1) is 25.5. The maximum absolute atomic E-state index is 6.25. The quantitative estimate of drug-likeness (QED) is 0.202. The zero-order valence-corrected chi connectivity index (χ0v) is 22.2. The fourth-order valence-corrected chi connectivity index (χ4v) is 5.12. The second-order valence-corrected chi connectivity index (χ2v) is 8.93. The SMILES string of the molecule is [C-]#N.[Ir+3].[c-]1ccccc1C1c2cccc(n2)Sc2cccc(n2)C(c2[c-]cccc2)c2cccc1n2. The van der Waals surface area contributed by atoms with Gasteiger partial charge in [0.15, 0.2) is 0 Å². The summed E-state index contributed by atoms with van der Waals surface area (Å²) in [6, 6.07) is 41.5. The minimum absolute atomic E-state index is 0. The molecular formula is C30H19IrN4S. The predicted molar refractivity (Wildman–Crippen MR) is 134 cm³/mol. The first-order valence-corrected chi connectivity index (χ1v) is 11.9. The maximum atomic E-state index is 6.25. The summed E-state index contributed by atoms with van der Waals surface area (Å²) in [5, 5.41) is 8.08. The van der Waals surface area contributed by atoms with Crippen LogP contribution >= 0.6 is 11.8 Å². The largest absolute Gasteiger partial charge is 3.00 e. The third-order valence-corrected chi connectivity index (χ3v) is 6.64. The molecule has 36 heavy (non-hydrogen) atoms. The van der Waals surface area contributed by atoms with Gasteiger partial charge in [0.1, 0.15) is 10.1 Å². The van der Waals surface area contributed by atoms with Gasteiger partial charge in [0.2, 0.25) is 0 Å². The molecule has 0 saturated heterocycles. The Hall–Kier alpha value is -3.62. The average Bonchev–Trinajstić information content (AvgIpc) is 2.92. The molecule has 3 aromatic heterocycles. The molecule has 174 valence electrons. The van der Waals surface area contributed by atoms with E-state index in [1.165, 1.54) is 0 Å². The molecule has 6 bridgehead atoms. The van der Waals surface area contributed by atoms with Crippen molar-refractivity contribution in [2.75, 3.05) is 0 Å². The molecule has 0 saturated carbocycles. The molecule has 4 nitrogen and oxygen atoms in total. The molecule has 6 heteroatoms. The summed E-state index contributed by atoms with van der Waals surface area (Å²) < 4.78 is 0. The van der Waals surface area contributed by atoms with Crippen LogP contribution in [0.1, 0.15) is 45.7 Å². The van der Waals surface area contributed by atoms with Crippen LogP contribution in [0.2, 0.25) is 0 Å². The number of aromatic nitrogens is 3. The number of hydrogen-bond acceptors (Lipinski definition) is 5. The van der Waals surface area contributed by atoms with Gasteiger partial charge in [-0.2, -0.15) is 60.7 Å². The standard InChI is InChI=1S/C29H19N3S.CN.Ir/c1-3-10-20(11-4-1)28-22-14-7-15-23(30-22)29(21-12-5-2-6-13-21)25-17-9-19-27(32-25)33-26-18-8-16-24(28)31-26;1-2;/h1-10,12,14-19,28-29H;;/q-2;-1;+3. The van der Waals surface area contributed by atoms with E-state index in [0.29, 0.717) is 0 Å². The van der Waals surface area contributed by atoms with E-state index in [0.717, 1.165) is 44.0 Å². The maximum Gasteiger partial charge on any atom is 3.00 e. The van der Waals surface area contributed by atoms with Crippen LogP contribution in [0.5, 0.6) is 0 Å². The summed E-state index contributed by atoms with van der Waals surface area (Å²) in [5.74, 6) is -0.226. The van der Waals surface area contributed by atoms with Crippen molar-refractivity contribution in [3.63, 3.8) is 0 Å². The Kier molecular flexibility index (Phi) is 8.40. The fraction of sp³-hybridized carbons (Fsp3) is 0.0667. The molecule has 0 spiro atoms. The number of pyridine rings is 3. The van der Waals surface area contributed by atoms with E-state index in [1.54, 1.807) is 11.8 Å². The smallest absolute Gasteiger partial charge is 0.512 e. The average molecular weight is 660 g/mol. The van der Waals surface area contributed by atoms with Crippen molar-refractivity contribution in [1.82, 2.24) is 15.0 Å². The van der Waals surface area contributed by atoms with E-state index in [2.05, 4.69) is 66.7 Å². The fourth-order valence-electron chi connectivity index (χ4n) is 4.31. The van der Waals surface area contributed by atoms with E-state index in [1.807, 2.05) is 48.5 Å². The van der Waals surface area contributed by atoms with Gasteiger partial charge in [-0.1, -0.05) is 30.0 Å². The van der Waals surface area contributed by atoms with Crippen molar-refractivity contribution in [3.05, 3.63) is 156 Å². The minimum atomic E-state index is -0.113. The molecule has 2 atom stereocenters. The Labute approximate surface area is 228 Å². The molecule has 1 aliphatic rings. The van der Waals surface area contributed by atoms with Crippen molar-refractivity contribution in [2.45, 2.75) is 21.9 Å². The van der Waals surface area contributed by atoms with Gasteiger partial charge in [0.25, 0.3) is 0 Å². The van der Waals surface area contributed by atoms with Crippen molar-refractivity contribution in [3.8, 4) is 0 Å². The van der Waals surface area contributed by atoms with E-state index in [-0.39, 0.29) is 31.9 Å². The molecule has 0 fully saturated rings. The molecule has 1 aliphatic heterocycles. The van der Waals surface area contributed by atoms with Crippen molar-refractivity contribution >= 4 is 11.8 Å². The van der Waals surface area contributed by atoms with Crippen LogP contribution in [0.3, 0.4) is 0 Å². The normalized spacial score (nSPS) is 15.6. The van der Waals surface area contributed by atoms with Crippen molar-refractivity contribution in [1.29, 1.82) is 5.26 Å². The monoisotopic (exact) mass is 660 g/mol. The van der Waals surface area contributed by atoms with Crippen molar-refractivity contribution < 1.29 is 20.1 Å². The molecule has 0 amide bonds. The van der Waals surface area contributed by atoms with Crippen LogP contribution in [-0.4, -0.2) is 15.0 Å². The first-order chi connectivity index (χ1) is 17.3. The van der Waals surface area contributed by atoms with Crippen LogP contribution in [0.25, 0.3) is 0 Å². The molecule has 0 aliphatic carbocycles. The Morgan fingerprint density at radius 2 is 0.972 bits per heavy atom. The van der Waals surface area contributed by atoms with Crippen LogP contribution in [0.15, 0.2) is 113 Å². The summed E-state index contributed by atoms with van der Waals surface area (Å²) in [4.78, 5) is 15.2. The molecule has 5 aromatic rings. The van der Waals surface area contributed by atoms with Gasteiger partial charge in [-0.15, -0.1) is 11.1 Å². The number of fused-ring (bicyclic) bond motifs is 6. The van der Waals surface area contributed by atoms with E-state index >= 15 is 0 Å². The van der Waals surface area contributed by atoms with Gasteiger partial charge in [-0.25, -0.2) is 9.97 Å². The van der Waals surface area contributed by atoms with Crippen LogP contribution in [0, 0.1) is 24.0 Å². The third kappa shape index (κ3) is 5.29. The number of hydrogen-bond donors (Lipinski definition) is 0. The van der Waals surface area contributed by atoms with E-state index in [9.17, 15) is 0 Å². The van der Waals surface area contributed by atoms with E-state index in [4.69, 9.17) is 26.8 Å². The van der Waals surface area contributed by atoms with Gasteiger partial charge in [-0.05, 0) is 36.4 Å². The molecule has 6 rings (SSSR count). The Balaban J connectivity index is 0.000000990. The zero-order chi connectivity index (χ0) is 24.0. The van der Waals surface area contributed by atoms with E-state index < -0.39 is 0 Å². The molecule has 2 unspecified atom stereocenters. The summed E-state index contributed by atoms with van der Waals surface area (Å²) in [5.41, 5.74) is 5.89. The summed E-state index contributed by atoms with van der Waals surface area (Å²) >= 11 is 1.58. The molecule has 4 heterocycles. The topological polar surface area (TPSA) is 62.5 Å². The molecule has 0 N–H and O–H groups in total. The summed E-state index contributed by atoms with van der Waals surface area (Å²) in [7, 11) is 0. The van der Waals surface area contributed by atoms with Gasteiger partial charge < -0.3 is 11.8 Å². The molecule has 2 aromatic carbocycles. The molecule has 0 radical (unpaired) electrons. The second-order valence-electron chi connectivity index (χ2n) is 7.89. The van der Waals surface area contributed by atoms with Gasteiger partial charge in [-0.3, -0.25) is 4.98 Å². The zero-order valence-electron chi connectivity index (χ0n) is 19.0. The first-order valence-electron chi connectivity index (χ1n) is 11.1. The third-order valence-electron chi connectivity index (χ3n) is 5.76. The summed E-state index contributed by atoms with van der Waals surface area (Å²) in [6.45, 7) is 4.75. The van der Waals surface area contributed by atoms with Gasteiger partial charge in [0.05, 0.1) is 22.8 Å². The van der Waals surface area contributed by atoms with Crippen LogP contribution < -0.4 is 0 Å². The van der Waals surface area contributed by atoms with Crippen LogP contribution in [0.4, 0.5) is 0 Å². The number of benzene rings is 2. The second kappa shape index (κ2) is 11.9. The molecular weight excluding hydrogens is 641 g/mol. The Morgan fingerprint density at radius 1 is 0.556 bits per heavy atom. The number of rotatable bonds is 2. The Bertz CT molecular complexity index is 1350. The Morgan fingerprint density at radius 3 is 1.39 bits per heavy atom. The van der Waals surface area contributed by atoms with Crippen LogP contribution in [-0.2, 0) is 20.1 Å². The van der Waals surface area contributed by atoms with Gasteiger partial charge >= 0.3 is 20.1 Å². The van der Waals surface area contributed by atoms with Gasteiger partial charge in [0, 0.05) is 11.8 Å². The predicted octanol–water partition coefficient (Wildman–Crippen LogP) is 6.39.